The topological polar surface area (TPSA) is 49.3 Å². The van der Waals surface area contributed by atoms with Crippen molar-refractivity contribution in [2.45, 2.75) is 18.9 Å². The first kappa shape index (κ1) is 13.1. The van der Waals surface area contributed by atoms with Gasteiger partial charge >= 0.3 is 5.97 Å². The highest BCUT2D eigenvalue weighted by Gasteiger charge is 2.19. The molecule has 2 N–H and O–H groups in total. The fourth-order valence-corrected chi connectivity index (χ4v) is 2.99. The van der Waals surface area contributed by atoms with E-state index in [1.54, 1.807) is 0 Å². The van der Waals surface area contributed by atoms with E-state index in [4.69, 9.17) is 5.11 Å². The van der Waals surface area contributed by atoms with Crippen LogP contribution in [-0.2, 0) is 0 Å². The van der Waals surface area contributed by atoms with Crippen LogP contribution < -0.4 is 5.32 Å². The number of nitrogens with one attached hydrogen (secondary N) is 1. The van der Waals surface area contributed by atoms with Crippen LogP contribution in [0, 0.1) is 11.6 Å². The third-order valence-corrected chi connectivity index (χ3v) is 3.91. The van der Waals surface area contributed by atoms with E-state index in [0.717, 1.165) is 36.5 Å². The Hall–Kier alpha value is -1.30. The molecule has 0 amide bonds. The highest BCUT2D eigenvalue weighted by molar-refractivity contribution is 7.99. The molecule has 2 rings (SSSR count). The highest BCUT2D eigenvalue weighted by Crippen LogP contribution is 2.25. The van der Waals surface area contributed by atoms with E-state index in [1.807, 2.05) is 11.8 Å². The lowest BCUT2D eigenvalue weighted by Crippen LogP contribution is -2.25. The van der Waals surface area contributed by atoms with Crippen LogP contribution in [0.2, 0.25) is 0 Å². The predicted octanol–water partition coefficient (Wildman–Crippen LogP) is 2.97. The molecular formula is C12H13F2NO2S. The van der Waals surface area contributed by atoms with Gasteiger partial charge in [-0.2, -0.15) is 11.8 Å². The number of halogens is 2. The molecule has 0 bridgehead atoms. The maximum Gasteiger partial charge on any atom is 0.335 e. The molecular weight excluding hydrogens is 260 g/mol. The van der Waals surface area contributed by atoms with Gasteiger partial charge in [-0.3, -0.25) is 0 Å². The van der Waals surface area contributed by atoms with Crippen molar-refractivity contribution in [3.8, 4) is 0 Å². The quantitative estimate of drug-likeness (QED) is 0.889. The molecule has 1 aromatic carbocycles. The van der Waals surface area contributed by atoms with E-state index in [9.17, 15) is 13.6 Å². The summed E-state index contributed by atoms with van der Waals surface area (Å²) in [6.07, 6.45) is 1.70. The van der Waals surface area contributed by atoms with Crippen molar-refractivity contribution < 1.29 is 18.7 Å². The monoisotopic (exact) mass is 273 g/mol. The lowest BCUT2D eigenvalue weighted by atomic mass is 10.1. The first-order valence-electron chi connectivity index (χ1n) is 5.64. The molecule has 1 fully saturated rings. The summed E-state index contributed by atoms with van der Waals surface area (Å²) in [5.41, 5.74) is -0.605. The van der Waals surface area contributed by atoms with Crippen molar-refractivity contribution in [3.05, 3.63) is 29.3 Å². The van der Waals surface area contributed by atoms with Crippen LogP contribution in [0.3, 0.4) is 0 Å². The number of anilines is 1. The van der Waals surface area contributed by atoms with Crippen LogP contribution in [0.25, 0.3) is 0 Å². The van der Waals surface area contributed by atoms with Crippen LogP contribution in [0.5, 0.6) is 0 Å². The SMILES string of the molecule is O=C(O)c1cc(F)c(NC2CCSCC2)c(F)c1. The standard InChI is InChI=1S/C12H13F2NO2S/c13-9-5-7(12(16)17)6-10(14)11(9)15-8-1-3-18-4-2-8/h5-6,8,15H,1-4H2,(H,16,17). The summed E-state index contributed by atoms with van der Waals surface area (Å²) >= 11 is 1.82. The molecule has 6 heteroatoms. The Morgan fingerprint density at radius 2 is 1.83 bits per heavy atom. The molecule has 0 atom stereocenters. The number of hydrogen-bond donors (Lipinski definition) is 2. The van der Waals surface area contributed by atoms with Crippen LogP contribution in [0.4, 0.5) is 14.5 Å². The first-order valence-corrected chi connectivity index (χ1v) is 6.80. The summed E-state index contributed by atoms with van der Waals surface area (Å²) in [6, 6.07) is 1.72. The molecule has 1 aliphatic rings. The average molecular weight is 273 g/mol. The third-order valence-electron chi connectivity index (χ3n) is 2.86. The van der Waals surface area contributed by atoms with E-state index in [2.05, 4.69) is 5.32 Å². The van der Waals surface area contributed by atoms with E-state index in [-0.39, 0.29) is 17.3 Å². The Bertz CT molecular complexity index is 438. The van der Waals surface area contributed by atoms with Crippen molar-refractivity contribution in [1.29, 1.82) is 0 Å². The molecule has 1 aliphatic heterocycles. The number of carbonyl (C=O) groups is 1. The van der Waals surface area contributed by atoms with Gasteiger partial charge in [-0.05, 0) is 36.5 Å². The highest BCUT2D eigenvalue weighted by atomic mass is 32.2. The second kappa shape index (κ2) is 5.56. The van der Waals surface area contributed by atoms with Gasteiger partial charge in [0.2, 0.25) is 0 Å². The van der Waals surface area contributed by atoms with Crippen molar-refractivity contribution in [1.82, 2.24) is 0 Å². The summed E-state index contributed by atoms with van der Waals surface area (Å²) in [7, 11) is 0. The van der Waals surface area contributed by atoms with Gasteiger partial charge in [0.05, 0.1) is 5.56 Å². The Kier molecular flexibility index (Phi) is 4.06. The molecule has 1 aromatic rings. The van der Waals surface area contributed by atoms with E-state index in [1.165, 1.54) is 0 Å². The molecule has 18 heavy (non-hydrogen) atoms. The van der Waals surface area contributed by atoms with Crippen molar-refractivity contribution in [2.75, 3.05) is 16.8 Å². The molecule has 1 heterocycles. The van der Waals surface area contributed by atoms with Gasteiger partial charge in [0.15, 0.2) is 0 Å². The molecule has 3 nitrogen and oxygen atoms in total. The van der Waals surface area contributed by atoms with Gasteiger partial charge < -0.3 is 10.4 Å². The number of carboxylic acids is 1. The predicted molar refractivity (Wildman–Crippen MR) is 67.3 cm³/mol. The minimum atomic E-state index is -1.34. The molecule has 0 aromatic heterocycles. The van der Waals surface area contributed by atoms with Gasteiger partial charge in [-0.25, -0.2) is 13.6 Å². The Balaban J connectivity index is 2.19. The smallest absolute Gasteiger partial charge is 0.335 e. The minimum absolute atomic E-state index is 0.0472. The second-order valence-electron chi connectivity index (χ2n) is 4.15. The Morgan fingerprint density at radius 3 is 2.33 bits per heavy atom. The molecule has 0 unspecified atom stereocenters. The van der Waals surface area contributed by atoms with Crippen molar-refractivity contribution in [2.24, 2.45) is 0 Å². The second-order valence-corrected chi connectivity index (χ2v) is 5.38. The van der Waals surface area contributed by atoms with Gasteiger partial charge in [-0.1, -0.05) is 0 Å². The fraction of sp³-hybridized carbons (Fsp3) is 0.417. The van der Waals surface area contributed by atoms with E-state index < -0.39 is 17.6 Å². The molecule has 98 valence electrons. The van der Waals surface area contributed by atoms with Gasteiger partial charge in [-0.15, -0.1) is 0 Å². The summed E-state index contributed by atoms with van der Waals surface area (Å²) in [5, 5.41) is 11.5. The zero-order valence-corrected chi connectivity index (χ0v) is 10.4. The van der Waals surface area contributed by atoms with E-state index in [0.29, 0.717) is 0 Å². The van der Waals surface area contributed by atoms with Crippen LogP contribution in [0.15, 0.2) is 12.1 Å². The van der Waals surface area contributed by atoms with Crippen LogP contribution in [0.1, 0.15) is 23.2 Å². The summed E-state index contributed by atoms with van der Waals surface area (Å²) in [6.45, 7) is 0. The fourth-order valence-electron chi connectivity index (χ4n) is 1.88. The number of aromatic carboxylic acids is 1. The number of carboxylic acid groups (broad SMARTS) is 1. The number of rotatable bonds is 3. The largest absolute Gasteiger partial charge is 0.478 e. The summed E-state index contributed by atoms with van der Waals surface area (Å²) in [5.74, 6) is -1.12. The molecule has 1 saturated heterocycles. The van der Waals surface area contributed by atoms with Gasteiger partial charge in [0.1, 0.15) is 17.3 Å². The minimum Gasteiger partial charge on any atom is -0.478 e. The zero-order chi connectivity index (χ0) is 13.1. The lowest BCUT2D eigenvalue weighted by Gasteiger charge is -2.24. The molecule has 0 spiro atoms. The van der Waals surface area contributed by atoms with Gasteiger partial charge in [0.25, 0.3) is 0 Å². The van der Waals surface area contributed by atoms with Crippen LogP contribution in [-0.4, -0.2) is 28.6 Å². The summed E-state index contributed by atoms with van der Waals surface area (Å²) in [4.78, 5) is 10.7. The lowest BCUT2D eigenvalue weighted by molar-refractivity contribution is 0.0696. The Morgan fingerprint density at radius 1 is 1.28 bits per heavy atom. The van der Waals surface area contributed by atoms with Crippen molar-refractivity contribution >= 4 is 23.4 Å². The Labute approximate surface area is 108 Å². The number of benzene rings is 1. The average Bonchev–Trinajstić information content (AvgIpc) is 2.34. The zero-order valence-electron chi connectivity index (χ0n) is 9.58. The first-order chi connectivity index (χ1) is 8.58. The maximum absolute atomic E-state index is 13.7. The van der Waals surface area contributed by atoms with Crippen molar-refractivity contribution in [3.63, 3.8) is 0 Å². The molecule has 0 saturated carbocycles. The number of hydrogen-bond acceptors (Lipinski definition) is 3. The maximum atomic E-state index is 13.7. The number of thioether (sulfide) groups is 1. The molecule has 0 aliphatic carbocycles. The van der Waals surface area contributed by atoms with E-state index >= 15 is 0 Å². The normalized spacial score (nSPS) is 16.6. The van der Waals surface area contributed by atoms with Crippen LogP contribution >= 0.6 is 11.8 Å². The molecule has 0 radical (unpaired) electrons. The third kappa shape index (κ3) is 2.93. The summed E-state index contributed by atoms with van der Waals surface area (Å²) < 4.78 is 27.3. The van der Waals surface area contributed by atoms with Gasteiger partial charge in [0, 0.05) is 6.04 Å².